The summed E-state index contributed by atoms with van der Waals surface area (Å²) in [4.78, 5) is 24.6. The summed E-state index contributed by atoms with van der Waals surface area (Å²) in [6.07, 6.45) is 0.334. The highest BCUT2D eigenvalue weighted by Gasteiger charge is 2.56. The molecule has 2 amide bonds. The molecule has 2 aromatic rings. The first kappa shape index (κ1) is 20.6. The highest BCUT2D eigenvalue weighted by molar-refractivity contribution is 6.52. The molecule has 10 heteroatoms. The zero-order valence-corrected chi connectivity index (χ0v) is 16.6. The molecule has 1 fully saturated rings. The van der Waals surface area contributed by atoms with Crippen molar-refractivity contribution in [3.8, 4) is 0 Å². The lowest BCUT2D eigenvalue weighted by molar-refractivity contribution is -0.117. The Bertz CT molecular complexity index is 969. The van der Waals surface area contributed by atoms with Crippen LogP contribution in [0.4, 0.5) is 25.8 Å². The van der Waals surface area contributed by atoms with Crippen LogP contribution in [0.1, 0.15) is 16.8 Å². The summed E-state index contributed by atoms with van der Waals surface area (Å²) in [5, 5.41) is 7.41. The second kappa shape index (κ2) is 7.73. The molecule has 2 aromatic carbocycles. The minimum Gasteiger partial charge on any atom is -0.383 e. The summed E-state index contributed by atoms with van der Waals surface area (Å²) in [5.74, 6) is -3.41. The number of alkyl halides is 2. The molecule has 3 rings (SSSR count). The highest BCUT2D eigenvalue weighted by Crippen LogP contribution is 2.53. The summed E-state index contributed by atoms with van der Waals surface area (Å²) >= 11 is 17.8. The normalized spacial score (nSPS) is 17.0. The average Bonchev–Trinajstić information content (AvgIpc) is 3.28. The number of hydrogen-bond donors (Lipinski definition) is 3. The van der Waals surface area contributed by atoms with E-state index in [9.17, 15) is 18.4 Å². The molecule has 1 unspecified atom stereocenters. The Morgan fingerprint density at radius 1 is 1.14 bits per heavy atom. The molecule has 148 valence electrons. The second-order valence-corrected chi connectivity index (χ2v) is 8.14. The Morgan fingerprint density at radius 2 is 1.82 bits per heavy atom. The fraction of sp³-hybridized carbons (Fsp3) is 0.222. The fourth-order valence-electron chi connectivity index (χ4n) is 2.57. The van der Waals surface area contributed by atoms with E-state index in [2.05, 4.69) is 16.0 Å². The lowest BCUT2D eigenvalue weighted by atomic mass is 10.1. The van der Waals surface area contributed by atoms with Crippen LogP contribution in [0.5, 0.6) is 0 Å². The quantitative estimate of drug-likeness (QED) is 0.561. The number of halogens is 5. The predicted molar refractivity (Wildman–Crippen MR) is 106 cm³/mol. The van der Waals surface area contributed by atoms with Crippen LogP contribution in [0.2, 0.25) is 5.02 Å². The first-order valence-corrected chi connectivity index (χ1v) is 9.22. The Hall–Kier alpha value is -2.09. The zero-order valence-electron chi connectivity index (χ0n) is 14.4. The minimum absolute atomic E-state index is 0.00648. The number of anilines is 3. The van der Waals surface area contributed by atoms with Crippen LogP contribution in [0.15, 0.2) is 30.3 Å². The van der Waals surface area contributed by atoms with Gasteiger partial charge in [0.15, 0.2) is 5.82 Å². The fourth-order valence-corrected chi connectivity index (χ4v) is 3.28. The van der Waals surface area contributed by atoms with E-state index in [1.54, 1.807) is 0 Å². The predicted octanol–water partition coefficient (Wildman–Crippen LogP) is 5.04. The molecule has 0 spiro atoms. The zero-order chi connectivity index (χ0) is 20.6. The number of carbonyl (C=O) groups is 2. The first-order valence-electron chi connectivity index (χ1n) is 8.09. The van der Waals surface area contributed by atoms with Crippen molar-refractivity contribution in [3.05, 3.63) is 52.6 Å². The molecule has 1 aliphatic rings. The van der Waals surface area contributed by atoms with E-state index in [-0.39, 0.29) is 27.9 Å². The molecule has 0 bridgehead atoms. The van der Waals surface area contributed by atoms with Crippen molar-refractivity contribution in [1.82, 2.24) is 0 Å². The van der Waals surface area contributed by atoms with Gasteiger partial charge in [0.2, 0.25) is 5.91 Å². The molecule has 28 heavy (non-hydrogen) atoms. The van der Waals surface area contributed by atoms with Crippen LogP contribution >= 0.6 is 34.8 Å². The van der Waals surface area contributed by atoms with Gasteiger partial charge in [0.05, 0.1) is 22.2 Å². The standard InChI is InChI=1S/C18H14Cl3F2N3O2/c1-24-15-12(22)4-5-13(14(15)23)26-16(27)9-6-8(2-3-11(9)19)25-17(28)10-7-18(10,20)21/h2-6,10,24H,7H2,1H3,(H,25,28)(H,26,27). The third-order valence-electron chi connectivity index (χ3n) is 4.21. The van der Waals surface area contributed by atoms with Crippen LogP contribution in [-0.4, -0.2) is 23.2 Å². The van der Waals surface area contributed by atoms with Crippen molar-refractivity contribution in [2.24, 2.45) is 5.92 Å². The number of carbonyl (C=O) groups excluding carboxylic acids is 2. The number of rotatable bonds is 5. The third-order valence-corrected chi connectivity index (χ3v) is 5.38. The van der Waals surface area contributed by atoms with Gasteiger partial charge in [0, 0.05) is 12.7 Å². The molecule has 1 aliphatic carbocycles. The molecule has 0 aliphatic heterocycles. The van der Waals surface area contributed by atoms with Crippen LogP contribution in [-0.2, 0) is 4.79 Å². The maximum Gasteiger partial charge on any atom is 0.257 e. The van der Waals surface area contributed by atoms with E-state index in [4.69, 9.17) is 34.8 Å². The van der Waals surface area contributed by atoms with Crippen molar-refractivity contribution in [2.75, 3.05) is 23.0 Å². The Morgan fingerprint density at radius 3 is 2.43 bits per heavy atom. The van der Waals surface area contributed by atoms with Crippen LogP contribution < -0.4 is 16.0 Å². The Kier molecular flexibility index (Phi) is 5.70. The molecule has 5 nitrogen and oxygen atoms in total. The molecule has 1 saturated carbocycles. The summed E-state index contributed by atoms with van der Waals surface area (Å²) in [5.41, 5.74) is -0.313. The van der Waals surface area contributed by atoms with E-state index < -0.39 is 27.8 Å². The second-order valence-electron chi connectivity index (χ2n) is 6.19. The molecule has 0 saturated heterocycles. The molecule has 0 heterocycles. The Labute approximate surface area is 174 Å². The highest BCUT2D eigenvalue weighted by atomic mass is 35.5. The van der Waals surface area contributed by atoms with Gasteiger partial charge in [-0.3, -0.25) is 9.59 Å². The summed E-state index contributed by atoms with van der Waals surface area (Å²) in [6, 6.07) is 6.36. The number of hydrogen-bond acceptors (Lipinski definition) is 3. The van der Waals surface area contributed by atoms with Crippen LogP contribution in [0.3, 0.4) is 0 Å². The first-order chi connectivity index (χ1) is 13.1. The number of benzene rings is 2. The van der Waals surface area contributed by atoms with E-state index >= 15 is 0 Å². The van der Waals surface area contributed by atoms with Gasteiger partial charge >= 0.3 is 0 Å². The van der Waals surface area contributed by atoms with Gasteiger partial charge in [-0.15, -0.1) is 23.2 Å². The molecule has 3 N–H and O–H groups in total. The monoisotopic (exact) mass is 447 g/mol. The summed E-state index contributed by atoms with van der Waals surface area (Å²) in [6.45, 7) is 0. The van der Waals surface area contributed by atoms with Crippen molar-refractivity contribution in [3.63, 3.8) is 0 Å². The van der Waals surface area contributed by atoms with E-state index in [1.165, 1.54) is 25.2 Å². The summed E-state index contributed by atoms with van der Waals surface area (Å²) in [7, 11) is 1.35. The molecule has 1 atom stereocenters. The van der Waals surface area contributed by atoms with Crippen molar-refractivity contribution in [1.29, 1.82) is 0 Å². The number of nitrogens with one attached hydrogen (secondary N) is 3. The smallest absolute Gasteiger partial charge is 0.257 e. The SMILES string of the molecule is CNc1c(F)ccc(NC(=O)c2cc(NC(=O)C3CC3(Cl)Cl)ccc2Cl)c1F. The van der Waals surface area contributed by atoms with Gasteiger partial charge in [-0.1, -0.05) is 11.6 Å². The summed E-state index contributed by atoms with van der Waals surface area (Å²) < 4.78 is 26.8. The van der Waals surface area contributed by atoms with Gasteiger partial charge in [-0.05, 0) is 36.8 Å². The van der Waals surface area contributed by atoms with Gasteiger partial charge < -0.3 is 16.0 Å². The van der Waals surface area contributed by atoms with Crippen molar-refractivity contribution < 1.29 is 18.4 Å². The van der Waals surface area contributed by atoms with Gasteiger partial charge in [-0.2, -0.15) is 0 Å². The maximum atomic E-state index is 14.3. The largest absolute Gasteiger partial charge is 0.383 e. The van der Waals surface area contributed by atoms with Gasteiger partial charge in [0.25, 0.3) is 5.91 Å². The van der Waals surface area contributed by atoms with Gasteiger partial charge in [-0.25, -0.2) is 8.78 Å². The van der Waals surface area contributed by atoms with Gasteiger partial charge in [0.1, 0.15) is 15.8 Å². The third kappa shape index (κ3) is 4.16. The molecular formula is C18H14Cl3F2N3O2. The van der Waals surface area contributed by atoms with Crippen molar-refractivity contribution in [2.45, 2.75) is 10.8 Å². The topological polar surface area (TPSA) is 70.2 Å². The molecular weight excluding hydrogens is 435 g/mol. The van der Waals surface area contributed by atoms with E-state index in [0.29, 0.717) is 12.1 Å². The van der Waals surface area contributed by atoms with E-state index in [0.717, 1.165) is 12.1 Å². The van der Waals surface area contributed by atoms with E-state index in [1.807, 2.05) is 0 Å². The van der Waals surface area contributed by atoms with Crippen LogP contribution in [0, 0.1) is 17.6 Å². The lowest BCUT2D eigenvalue weighted by Gasteiger charge is -2.12. The molecule has 0 aromatic heterocycles. The average molecular weight is 449 g/mol. The maximum absolute atomic E-state index is 14.3. The lowest BCUT2D eigenvalue weighted by Crippen LogP contribution is -2.18. The molecule has 0 radical (unpaired) electrons. The minimum atomic E-state index is -1.08. The Balaban J connectivity index is 1.80. The number of amides is 2. The van der Waals surface area contributed by atoms with Crippen LogP contribution in [0.25, 0.3) is 0 Å². The van der Waals surface area contributed by atoms with Crippen molar-refractivity contribution >= 4 is 63.7 Å².